The predicted octanol–water partition coefficient (Wildman–Crippen LogP) is -0.843. The second-order valence-corrected chi connectivity index (χ2v) is 4.43. The minimum Gasteiger partial charge on any atom is -0.381 e. The number of carbonyl (C=O) groups excluding carboxylic acids is 1. The average molecular weight is 254 g/mol. The summed E-state index contributed by atoms with van der Waals surface area (Å²) >= 11 is 0. The van der Waals surface area contributed by atoms with Crippen molar-refractivity contribution in [1.29, 1.82) is 0 Å². The van der Waals surface area contributed by atoms with Crippen molar-refractivity contribution in [3.8, 4) is 0 Å². The van der Waals surface area contributed by atoms with Crippen molar-refractivity contribution in [2.24, 2.45) is 11.7 Å². The van der Waals surface area contributed by atoms with Gasteiger partial charge in [0.05, 0.1) is 6.54 Å². The number of hydrogen-bond acceptors (Lipinski definition) is 5. The fourth-order valence-corrected chi connectivity index (χ4v) is 1.40. The van der Waals surface area contributed by atoms with E-state index in [0.29, 0.717) is 12.5 Å². The largest absolute Gasteiger partial charge is 0.381 e. The first-order valence-electron chi connectivity index (χ1n) is 5.68. The van der Waals surface area contributed by atoms with Gasteiger partial charge in [-0.2, -0.15) is 0 Å². The van der Waals surface area contributed by atoms with Crippen LogP contribution in [0.15, 0.2) is 17.2 Å². The minimum absolute atomic E-state index is 0.0958. The normalized spacial score (nSPS) is 12.4. The van der Waals surface area contributed by atoms with E-state index in [1.807, 2.05) is 13.8 Å². The number of aliphatic hydroxyl groups is 1. The Bertz CT molecular complexity index is 470. The van der Waals surface area contributed by atoms with E-state index in [0.717, 1.165) is 0 Å². The second-order valence-electron chi connectivity index (χ2n) is 4.43. The number of hydrogen-bond donors (Lipinski definition) is 3. The lowest BCUT2D eigenvalue weighted by atomic mass is 10.2. The van der Waals surface area contributed by atoms with E-state index in [1.165, 1.54) is 10.8 Å². The summed E-state index contributed by atoms with van der Waals surface area (Å²) in [5.41, 5.74) is 4.61. The first kappa shape index (κ1) is 14.2. The molecule has 1 aromatic rings. The van der Waals surface area contributed by atoms with E-state index in [9.17, 15) is 14.7 Å². The highest BCUT2D eigenvalue weighted by Crippen LogP contribution is 1.98. The summed E-state index contributed by atoms with van der Waals surface area (Å²) in [7, 11) is 0. The maximum absolute atomic E-state index is 11.9. The summed E-state index contributed by atoms with van der Waals surface area (Å²) < 4.78 is 1.52. The molecule has 0 saturated carbocycles. The van der Waals surface area contributed by atoms with Crippen molar-refractivity contribution in [3.63, 3.8) is 0 Å². The number of anilines is 1. The van der Waals surface area contributed by atoms with E-state index < -0.39 is 12.0 Å². The molecule has 1 rings (SSSR count). The van der Waals surface area contributed by atoms with Gasteiger partial charge in [0, 0.05) is 18.9 Å². The molecule has 7 nitrogen and oxygen atoms in total. The van der Waals surface area contributed by atoms with E-state index in [2.05, 4.69) is 10.3 Å². The molecule has 0 aliphatic carbocycles. The quantitative estimate of drug-likeness (QED) is 0.613. The van der Waals surface area contributed by atoms with Crippen LogP contribution in [0.5, 0.6) is 0 Å². The molecule has 0 aromatic carbocycles. The SMILES string of the molecule is CC(C)Cn1ccnc(NCC(O)C(N)=O)c1=O. The zero-order valence-electron chi connectivity index (χ0n) is 10.5. The maximum Gasteiger partial charge on any atom is 0.293 e. The first-order chi connectivity index (χ1) is 8.41. The Morgan fingerprint density at radius 3 is 2.83 bits per heavy atom. The van der Waals surface area contributed by atoms with Crippen LogP contribution in [0.3, 0.4) is 0 Å². The van der Waals surface area contributed by atoms with E-state index >= 15 is 0 Å². The lowest BCUT2D eigenvalue weighted by Gasteiger charge is -2.11. The first-order valence-corrected chi connectivity index (χ1v) is 5.68. The molecule has 0 radical (unpaired) electrons. The lowest BCUT2D eigenvalue weighted by Crippen LogP contribution is -2.36. The number of carbonyl (C=O) groups is 1. The Morgan fingerprint density at radius 1 is 1.61 bits per heavy atom. The molecular formula is C11H18N4O3. The van der Waals surface area contributed by atoms with Crippen LogP contribution in [0.4, 0.5) is 5.82 Å². The second kappa shape index (κ2) is 6.15. The van der Waals surface area contributed by atoms with Gasteiger partial charge in [0.2, 0.25) is 5.91 Å². The smallest absolute Gasteiger partial charge is 0.293 e. The van der Waals surface area contributed by atoms with Crippen LogP contribution < -0.4 is 16.6 Å². The maximum atomic E-state index is 11.9. The fourth-order valence-electron chi connectivity index (χ4n) is 1.40. The molecule has 0 bridgehead atoms. The minimum atomic E-state index is -1.34. The monoisotopic (exact) mass is 254 g/mol. The summed E-state index contributed by atoms with van der Waals surface area (Å²) in [6, 6.07) is 0. The van der Waals surface area contributed by atoms with Gasteiger partial charge in [-0.15, -0.1) is 0 Å². The summed E-state index contributed by atoms with van der Waals surface area (Å²) in [4.78, 5) is 26.4. The van der Waals surface area contributed by atoms with Gasteiger partial charge < -0.3 is 20.7 Å². The molecule has 1 amide bonds. The third-order valence-electron chi connectivity index (χ3n) is 2.27. The van der Waals surface area contributed by atoms with E-state index in [-0.39, 0.29) is 17.9 Å². The van der Waals surface area contributed by atoms with Crippen molar-refractivity contribution in [2.45, 2.75) is 26.5 Å². The summed E-state index contributed by atoms with van der Waals surface area (Å²) in [6.07, 6.45) is 1.74. The van der Waals surface area contributed by atoms with Crippen molar-refractivity contribution in [1.82, 2.24) is 9.55 Å². The third kappa shape index (κ3) is 3.85. The van der Waals surface area contributed by atoms with Crippen LogP contribution in [0.1, 0.15) is 13.8 Å². The molecule has 7 heteroatoms. The number of aromatic nitrogens is 2. The van der Waals surface area contributed by atoms with Gasteiger partial charge in [0.15, 0.2) is 5.82 Å². The van der Waals surface area contributed by atoms with E-state index in [4.69, 9.17) is 5.73 Å². The van der Waals surface area contributed by atoms with Gasteiger partial charge in [0.25, 0.3) is 5.56 Å². The molecular weight excluding hydrogens is 236 g/mol. The highest BCUT2D eigenvalue weighted by atomic mass is 16.3. The lowest BCUT2D eigenvalue weighted by molar-refractivity contribution is -0.125. The number of rotatable bonds is 6. The van der Waals surface area contributed by atoms with Gasteiger partial charge in [-0.25, -0.2) is 4.98 Å². The zero-order chi connectivity index (χ0) is 13.7. The van der Waals surface area contributed by atoms with Crippen LogP contribution in [0.25, 0.3) is 0 Å². The fraction of sp³-hybridized carbons (Fsp3) is 0.545. The predicted molar refractivity (Wildman–Crippen MR) is 67.0 cm³/mol. The molecule has 100 valence electrons. The topological polar surface area (TPSA) is 110 Å². The number of nitrogens with one attached hydrogen (secondary N) is 1. The number of nitrogens with zero attached hydrogens (tertiary/aromatic N) is 2. The highest BCUT2D eigenvalue weighted by molar-refractivity contribution is 5.79. The van der Waals surface area contributed by atoms with Gasteiger partial charge in [0.1, 0.15) is 6.10 Å². The molecule has 4 N–H and O–H groups in total. The van der Waals surface area contributed by atoms with Crippen LogP contribution in [-0.4, -0.2) is 33.2 Å². The Kier molecular flexibility index (Phi) is 4.85. The Morgan fingerprint density at radius 2 is 2.28 bits per heavy atom. The van der Waals surface area contributed by atoms with Crippen molar-refractivity contribution < 1.29 is 9.90 Å². The Balaban J connectivity index is 2.78. The van der Waals surface area contributed by atoms with Crippen LogP contribution in [0, 0.1) is 5.92 Å². The average Bonchev–Trinajstić information content (AvgIpc) is 2.29. The molecule has 1 atom stereocenters. The standard InChI is InChI=1S/C11H18N4O3/c1-7(2)6-15-4-3-13-10(11(15)18)14-5-8(16)9(12)17/h3-4,7-8,16H,5-6H2,1-2H3,(H2,12,17)(H,13,14). The van der Waals surface area contributed by atoms with Crippen molar-refractivity contribution >= 4 is 11.7 Å². The zero-order valence-corrected chi connectivity index (χ0v) is 10.5. The number of primary amides is 1. The number of aliphatic hydroxyl groups excluding tert-OH is 1. The molecule has 1 aromatic heterocycles. The van der Waals surface area contributed by atoms with Gasteiger partial charge in [-0.3, -0.25) is 9.59 Å². The molecule has 18 heavy (non-hydrogen) atoms. The van der Waals surface area contributed by atoms with Gasteiger partial charge in [-0.1, -0.05) is 13.8 Å². The van der Waals surface area contributed by atoms with Crippen LogP contribution in [-0.2, 0) is 11.3 Å². The number of nitrogens with two attached hydrogens (primary N) is 1. The van der Waals surface area contributed by atoms with Gasteiger partial charge in [-0.05, 0) is 5.92 Å². The van der Waals surface area contributed by atoms with Crippen LogP contribution in [0.2, 0.25) is 0 Å². The van der Waals surface area contributed by atoms with Crippen LogP contribution >= 0.6 is 0 Å². The summed E-state index contributed by atoms with van der Waals surface area (Å²) in [6.45, 7) is 4.44. The Hall–Kier alpha value is -1.89. The molecule has 0 aliphatic rings. The van der Waals surface area contributed by atoms with Crippen molar-refractivity contribution in [3.05, 3.63) is 22.7 Å². The molecule has 0 aliphatic heterocycles. The molecule has 0 saturated heterocycles. The van der Waals surface area contributed by atoms with Crippen molar-refractivity contribution in [2.75, 3.05) is 11.9 Å². The van der Waals surface area contributed by atoms with E-state index in [1.54, 1.807) is 6.20 Å². The Labute approximate surface area is 105 Å². The summed E-state index contributed by atoms with van der Waals surface area (Å²) in [5, 5.41) is 11.8. The third-order valence-corrected chi connectivity index (χ3v) is 2.27. The van der Waals surface area contributed by atoms with Gasteiger partial charge >= 0.3 is 0 Å². The molecule has 1 unspecified atom stereocenters. The highest BCUT2D eigenvalue weighted by Gasteiger charge is 2.12. The molecule has 0 spiro atoms. The molecule has 0 fully saturated rings. The molecule has 1 heterocycles. The summed E-state index contributed by atoms with van der Waals surface area (Å²) in [5.74, 6) is -0.423. The number of amides is 1.